The van der Waals surface area contributed by atoms with Crippen molar-refractivity contribution in [2.75, 3.05) is 6.54 Å². The quantitative estimate of drug-likeness (QED) is 0.783. The molecule has 1 aliphatic rings. The summed E-state index contributed by atoms with van der Waals surface area (Å²) >= 11 is 0. The second kappa shape index (κ2) is 5.25. The number of hydrogen-bond acceptors (Lipinski definition) is 3. The number of aliphatic hydroxyl groups excluding tert-OH is 1. The fraction of sp³-hybridized carbons (Fsp3) is 0.923. The van der Waals surface area contributed by atoms with Gasteiger partial charge in [-0.1, -0.05) is 19.8 Å². The molecule has 0 radical (unpaired) electrons. The molecule has 1 fully saturated rings. The van der Waals surface area contributed by atoms with E-state index in [9.17, 15) is 9.90 Å². The van der Waals surface area contributed by atoms with Crippen LogP contribution in [0.2, 0.25) is 0 Å². The molecule has 1 amide bonds. The predicted molar refractivity (Wildman–Crippen MR) is 66.8 cm³/mol. The van der Waals surface area contributed by atoms with Gasteiger partial charge in [0.2, 0.25) is 0 Å². The molecule has 1 aliphatic carbocycles. The zero-order valence-corrected chi connectivity index (χ0v) is 11.4. The first kappa shape index (κ1) is 14.3. The molecule has 0 saturated heterocycles. The summed E-state index contributed by atoms with van der Waals surface area (Å²) in [6.45, 7) is 8.01. The molecule has 2 unspecified atom stereocenters. The summed E-state index contributed by atoms with van der Waals surface area (Å²) in [4.78, 5) is 11.5. The zero-order valence-electron chi connectivity index (χ0n) is 11.4. The minimum absolute atomic E-state index is 0.213. The van der Waals surface area contributed by atoms with E-state index < -0.39 is 11.7 Å². The summed E-state index contributed by atoms with van der Waals surface area (Å²) in [5.41, 5.74) is -0.689. The number of hydrogen-bond donors (Lipinski definition) is 2. The molecule has 2 N–H and O–H groups in total. The summed E-state index contributed by atoms with van der Waals surface area (Å²) < 4.78 is 5.18. The van der Waals surface area contributed by atoms with Crippen molar-refractivity contribution in [1.82, 2.24) is 5.32 Å². The molecule has 100 valence electrons. The van der Waals surface area contributed by atoms with Crippen LogP contribution in [0.1, 0.15) is 53.4 Å². The maximum atomic E-state index is 11.5. The third-order valence-corrected chi connectivity index (χ3v) is 3.32. The van der Waals surface area contributed by atoms with E-state index in [1.165, 1.54) is 0 Å². The monoisotopic (exact) mass is 243 g/mol. The molecule has 0 heterocycles. The summed E-state index contributed by atoms with van der Waals surface area (Å²) in [7, 11) is 0. The number of ether oxygens (including phenoxy) is 1. The van der Waals surface area contributed by atoms with Gasteiger partial charge in [-0.2, -0.15) is 0 Å². The number of amides is 1. The number of carbonyl (C=O) groups is 1. The summed E-state index contributed by atoms with van der Waals surface area (Å²) in [5, 5.41) is 12.7. The standard InChI is InChI=1S/C13H25NO3/c1-12(2,3)17-11(16)14-9-13(4)8-6-5-7-10(13)15/h10,15H,5-9H2,1-4H3,(H,14,16). The number of nitrogens with one attached hydrogen (secondary N) is 1. The molecule has 0 bridgehead atoms. The van der Waals surface area contributed by atoms with Crippen LogP contribution in [-0.2, 0) is 4.74 Å². The van der Waals surface area contributed by atoms with Crippen LogP contribution in [-0.4, -0.2) is 29.4 Å². The topological polar surface area (TPSA) is 58.6 Å². The van der Waals surface area contributed by atoms with Gasteiger partial charge in [-0.15, -0.1) is 0 Å². The number of alkyl carbamates (subject to hydrolysis) is 1. The highest BCUT2D eigenvalue weighted by Crippen LogP contribution is 2.35. The lowest BCUT2D eigenvalue weighted by Gasteiger charge is -2.38. The fourth-order valence-electron chi connectivity index (χ4n) is 2.18. The lowest BCUT2D eigenvalue weighted by Crippen LogP contribution is -2.46. The number of rotatable bonds is 2. The third kappa shape index (κ3) is 4.54. The minimum Gasteiger partial charge on any atom is -0.444 e. The van der Waals surface area contributed by atoms with Crippen LogP contribution in [0.25, 0.3) is 0 Å². The highest BCUT2D eigenvalue weighted by molar-refractivity contribution is 5.67. The van der Waals surface area contributed by atoms with Gasteiger partial charge >= 0.3 is 6.09 Å². The van der Waals surface area contributed by atoms with Gasteiger partial charge in [-0.25, -0.2) is 4.79 Å². The van der Waals surface area contributed by atoms with E-state index in [0.29, 0.717) is 6.54 Å². The van der Waals surface area contributed by atoms with E-state index in [1.54, 1.807) is 0 Å². The Kier molecular flexibility index (Phi) is 4.42. The number of carbonyl (C=O) groups excluding carboxylic acids is 1. The van der Waals surface area contributed by atoms with Gasteiger partial charge < -0.3 is 15.2 Å². The van der Waals surface area contributed by atoms with Crippen molar-refractivity contribution in [3.05, 3.63) is 0 Å². The van der Waals surface area contributed by atoms with Crippen molar-refractivity contribution in [2.45, 2.75) is 65.1 Å². The van der Waals surface area contributed by atoms with Crippen LogP contribution in [0.3, 0.4) is 0 Å². The van der Waals surface area contributed by atoms with Crippen molar-refractivity contribution >= 4 is 6.09 Å². The Morgan fingerprint density at radius 2 is 2.12 bits per heavy atom. The van der Waals surface area contributed by atoms with Crippen LogP contribution in [0.5, 0.6) is 0 Å². The van der Waals surface area contributed by atoms with Crippen molar-refractivity contribution in [1.29, 1.82) is 0 Å². The Bertz CT molecular complexity index is 272. The summed E-state index contributed by atoms with van der Waals surface area (Å²) in [6, 6.07) is 0. The maximum Gasteiger partial charge on any atom is 0.407 e. The highest BCUT2D eigenvalue weighted by Gasteiger charge is 2.35. The Hall–Kier alpha value is -0.770. The van der Waals surface area contributed by atoms with Gasteiger partial charge in [0.1, 0.15) is 5.60 Å². The van der Waals surface area contributed by atoms with E-state index in [-0.39, 0.29) is 11.5 Å². The van der Waals surface area contributed by atoms with Gasteiger partial charge in [0, 0.05) is 12.0 Å². The van der Waals surface area contributed by atoms with Gasteiger partial charge in [0.05, 0.1) is 6.10 Å². The van der Waals surface area contributed by atoms with E-state index >= 15 is 0 Å². The molecule has 0 aromatic carbocycles. The zero-order chi connectivity index (χ0) is 13.1. The van der Waals surface area contributed by atoms with Crippen molar-refractivity contribution in [2.24, 2.45) is 5.41 Å². The molecular formula is C13H25NO3. The molecule has 4 heteroatoms. The maximum absolute atomic E-state index is 11.5. The molecule has 0 spiro atoms. The van der Waals surface area contributed by atoms with Crippen LogP contribution in [0, 0.1) is 5.41 Å². The lowest BCUT2D eigenvalue weighted by molar-refractivity contribution is -0.00252. The van der Waals surface area contributed by atoms with Crippen LogP contribution >= 0.6 is 0 Å². The lowest BCUT2D eigenvalue weighted by atomic mass is 9.73. The smallest absolute Gasteiger partial charge is 0.407 e. The first-order valence-corrected chi connectivity index (χ1v) is 6.38. The van der Waals surface area contributed by atoms with E-state index in [1.807, 2.05) is 27.7 Å². The van der Waals surface area contributed by atoms with Crippen molar-refractivity contribution < 1.29 is 14.6 Å². The molecule has 17 heavy (non-hydrogen) atoms. The molecule has 0 aromatic heterocycles. The fourth-order valence-corrected chi connectivity index (χ4v) is 2.18. The Morgan fingerprint density at radius 3 is 2.65 bits per heavy atom. The van der Waals surface area contributed by atoms with E-state index in [4.69, 9.17) is 4.74 Å². The Labute approximate surface area is 104 Å². The van der Waals surface area contributed by atoms with Gasteiger partial charge in [0.25, 0.3) is 0 Å². The molecule has 0 aromatic rings. The Balaban J connectivity index is 2.41. The molecule has 4 nitrogen and oxygen atoms in total. The van der Waals surface area contributed by atoms with Gasteiger partial charge in [-0.05, 0) is 33.6 Å². The molecule has 1 saturated carbocycles. The number of aliphatic hydroxyl groups is 1. The van der Waals surface area contributed by atoms with Crippen LogP contribution < -0.4 is 5.32 Å². The summed E-state index contributed by atoms with van der Waals surface area (Å²) in [5.74, 6) is 0. The SMILES string of the molecule is CC(C)(C)OC(=O)NCC1(C)CCCCC1O. The molecule has 0 aliphatic heterocycles. The predicted octanol–water partition coefficient (Wildman–Crippen LogP) is 2.45. The van der Waals surface area contributed by atoms with E-state index in [0.717, 1.165) is 25.7 Å². The summed E-state index contributed by atoms with van der Waals surface area (Å²) in [6.07, 6.45) is 3.23. The minimum atomic E-state index is -0.476. The van der Waals surface area contributed by atoms with Crippen LogP contribution in [0.4, 0.5) is 4.79 Å². The average Bonchev–Trinajstić information content (AvgIpc) is 2.18. The molecular weight excluding hydrogens is 218 g/mol. The van der Waals surface area contributed by atoms with Crippen molar-refractivity contribution in [3.63, 3.8) is 0 Å². The second-order valence-corrected chi connectivity index (χ2v) is 6.27. The van der Waals surface area contributed by atoms with Gasteiger partial charge in [-0.3, -0.25) is 0 Å². The third-order valence-electron chi connectivity index (χ3n) is 3.32. The van der Waals surface area contributed by atoms with Gasteiger partial charge in [0.15, 0.2) is 0 Å². The second-order valence-electron chi connectivity index (χ2n) is 6.27. The first-order valence-electron chi connectivity index (χ1n) is 6.38. The average molecular weight is 243 g/mol. The normalized spacial score (nSPS) is 29.8. The molecule has 2 atom stereocenters. The highest BCUT2D eigenvalue weighted by atomic mass is 16.6. The Morgan fingerprint density at radius 1 is 1.47 bits per heavy atom. The van der Waals surface area contributed by atoms with E-state index in [2.05, 4.69) is 5.32 Å². The largest absolute Gasteiger partial charge is 0.444 e. The molecule has 1 rings (SSSR count). The first-order chi connectivity index (χ1) is 7.73. The van der Waals surface area contributed by atoms with Crippen molar-refractivity contribution in [3.8, 4) is 0 Å². The van der Waals surface area contributed by atoms with Crippen LogP contribution in [0.15, 0.2) is 0 Å².